The van der Waals surface area contributed by atoms with Crippen LogP contribution in [0.25, 0.3) is 0 Å². The second-order valence-corrected chi connectivity index (χ2v) is 3.37. The number of nitrogens with two attached hydrogens (primary N) is 1. The number of nitrogens with one attached hydrogen (secondary N) is 1. The zero-order chi connectivity index (χ0) is 9.54. The van der Waals surface area contributed by atoms with Crippen LogP contribution in [0.3, 0.4) is 0 Å². The first kappa shape index (κ1) is 7.49. The zero-order valence-corrected chi connectivity index (χ0v) is 7.49. The number of rotatable bonds is 0. The van der Waals surface area contributed by atoms with Crippen LogP contribution in [-0.2, 0) is 0 Å². The van der Waals surface area contributed by atoms with Crippen molar-refractivity contribution in [2.45, 2.75) is 12.8 Å². The fourth-order valence-corrected chi connectivity index (χ4v) is 1.81. The SMILES string of the molecule is NC1=NC=C2CCC3=NN=CC3=C2N1. The minimum Gasteiger partial charge on any atom is -0.369 e. The van der Waals surface area contributed by atoms with Gasteiger partial charge in [-0.3, -0.25) is 0 Å². The molecule has 0 bridgehead atoms. The van der Waals surface area contributed by atoms with E-state index in [9.17, 15) is 0 Å². The number of hydrogen-bond acceptors (Lipinski definition) is 5. The number of guanidine groups is 1. The molecule has 2 heterocycles. The molecule has 0 unspecified atom stereocenters. The van der Waals surface area contributed by atoms with E-state index in [0.717, 1.165) is 29.8 Å². The molecule has 0 fully saturated rings. The van der Waals surface area contributed by atoms with Crippen molar-refractivity contribution >= 4 is 17.9 Å². The van der Waals surface area contributed by atoms with Crippen LogP contribution in [0.1, 0.15) is 12.8 Å². The molecule has 0 aromatic rings. The molecule has 0 spiro atoms. The second kappa shape index (κ2) is 2.54. The number of nitrogens with zero attached hydrogens (tertiary/aromatic N) is 3. The quantitative estimate of drug-likeness (QED) is 0.571. The van der Waals surface area contributed by atoms with Gasteiger partial charge in [-0.25, -0.2) is 4.99 Å². The van der Waals surface area contributed by atoms with Crippen LogP contribution in [0, 0.1) is 0 Å². The first-order valence-electron chi connectivity index (χ1n) is 4.49. The van der Waals surface area contributed by atoms with E-state index in [-0.39, 0.29) is 0 Å². The monoisotopic (exact) mass is 187 g/mol. The van der Waals surface area contributed by atoms with E-state index in [4.69, 9.17) is 5.73 Å². The Balaban J connectivity index is 2.16. The van der Waals surface area contributed by atoms with Gasteiger partial charge in [-0.15, -0.1) is 0 Å². The van der Waals surface area contributed by atoms with Crippen molar-refractivity contribution in [1.29, 1.82) is 0 Å². The highest BCUT2D eigenvalue weighted by atomic mass is 15.2. The van der Waals surface area contributed by atoms with Crippen molar-refractivity contribution in [1.82, 2.24) is 5.32 Å². The van der Waals surface area contributed by atoms with E-state index in [2.05, 4.69) is 20.5 Å². The summed E-state index contributed by atoms with van der Waals surface area (Å²) in [4.78, 5) is 4.03. The Labute approximate surface area is 80.8 Å². The minimum absolute atomic E-state index is 0.429. The lowest BCUT2D eigenvalue weighted by Crippen LogP contribution is -2.36. The average Bonchev–Trinajstić information content (AvgIpc) is 2.65. The van der Waals surface area contributed by atoms with E-state index >= 15 is 0 Å². The Kier molecular flexibility index (Phi) is 1.36. The molecule has 3 aliphatic rings. The van der Waals surface area contributed by atoms with Gasteiger partial charge in [0.15, 0.2) is 5.96 Å². The van der Waals surface area contributed by atoms with Crippen LogP contribution < -0.4 is 11.1 Å². The van der Waals surface area contributed by atoms with Gasteiger partial charge in [0.05, 0.1) is 17.6 Å². The Hall–Kier alpha value is -1.91. The van der Waals surface area contributed by atoms with Crippen molar-refractivity contribution in [2.75, 3.05) is 0 Å². The van der Waals surface area contributed by atoms with Gasteiger partial charge in [0, 0.05) is 11.8 Å². The molecule has 3 N–H and O–H groups in total. The molecule has 0 aromatic carbocycles. The summed E-state index contributed by atoms with van der Waals surface area (Å²) < 4.78 is 0. The largest absolute Gasteiger partial charge is 0.369 e. The lowest BCUT2D eigenvalue weighted by Gasteiger charge is -2.23. The maximum Gasteiger partial charge on any atom is 0.197 e. The van der Waals surface area contributed by atoms with Gasteiger partial charge >= 0.3 is 0 Å². The van der Waals surface area contributed by atoms with E-state index in [1.807, 2.05) is 6.20 Å². The van der Waals surface area contributed by atoms with Crippen LogP contribution in [0.2, 0.25) is 0 Å². The number of fused-ring (bicyclic) bond motifs is 2. The lowest BCUT2D eigenvalue weighted by molar-refractivity contribution is 0.919. The van der Waals surface area contributed by atoms with Crippen LogP contribution in [0.4, 0.5) is 0 Å². The zero-order valence-electron chi connectivity index (χ0n) is 7.49. The third-order valence-corrected chi connectivity index (χ3v) is 2.51. The molecule has 2 aliphatic heterocycles. The molecule has 0 atom stereocenters. The molecule has 1 aliphatic carbocycles. The normalized spacial score (nSPS) is 23.3. The fraction of sp³-hybridized carbons (Fsp3) is 0.222. The summed E-state index contributed by atoms with van der Waals surface area (Å²) in [5.74, 6) is 0.429. The molecule has 14 heavy (non-hydrogen) atoms. The molecule has 0 aromatic heterocycles. The highest BCUT2D eigenvalue weighted by molar-refractivity contribution is 6.20. The predicted octanol–water partition coefficient (Wildman–Crippen LogP) is 0.277. The third kappa shape index (κ3) is 0.921. The maximum absolute atomic E-state index is 5.60. The molecule has 0 saturated heterocycles. The summed E-state index contributed by atoms with van der Waals surface area (Å²) in [5, 5.41) is 11.0. The van der Waals surface area contributed by atoms with Gasteiger partial charge < -0.3 is 11.1 Å². The Bertz CT molecular complexity index is 450. The summed E-state index contributed by atoms with van der Waals surface area (Å²) in [7, 11) is 0. The summed E-state index contributed by atoms with van der Waals surface area (Å²) in [6.45, 7) is 0. The van der Waals surface area contributed by atoms with Gasteiger partial charge in [-0.2, -0.15) is 10.2 Å². The predicted molar refractivity (Wildman–Crippen MR) is 55.0 cm³/mol. The standard InChI is InChI=1S/C9H9N5/c10-9-11-3-5-1-2-7-6(4-12-14-7)8(5)13-9/h3-4H,1-2H2,(H3,10,11,13). The Morgan fingerprint density at radius 2 is 2.29 bits per heavy atom. The highest BCUT2D eigenvalue weighted by Crippen LogP contribution is 2.28. The van der Waals surface area contributed by atoms with Gasteiger partial charge in [-0.1, -0.05) is 0 Å². The van der Waals surface area contributed by atoms with Crippen molar-refractivity contribution in [3.8, 4) is 0 Å². The summed E-state index contributed by atoms with van der Waals surface area (Å²) in [5.41, 5.74) is 9.90. The van der Waals surface area contributed by atoms with Crippen molar-refractivity contribution in [3.05, 3.63) is 23.0 Å². The Morgan fingerprint density at radius 3 is 3.21 bits per heavy atom. The van der Waals surface area contributed by atoms with Gasteiger partial charge in [0.2, 0.25) is 0 Å². The number of aliphatic imine (C=N–C) groups is 1. The van der Waals surface area contributed by atoms with Crippen LogP contribution in [0.15, 0.2) is 38.2 Å². The molecule has 70 valence electrons. The molecule has 5 heteroatoms. The van der Waals surface area contributed by atoms with Crippen molar-refractivity contribution in [2.24, 2.45) is 20.9 Å². The number of hydrogen-bond donors (Lipinski definition) is 2. The van der Waals surface area contributed by atoms with Crippen LogP contribution in [0.5, 0.6) is 0 Å². The molecular weight excluding hydrogens is 178 g/mol. The molecule has 3 rings (SSSR count). The van der Waals surface area contributed by atoms with E-state index in [1.54, 1.807) is 6.21 Å². The van der Waals surface area contributed by atoms with Gasteiger partial charge in [-0.05, 0) is 18.4 Å². The fourth-order valence-electron chi connectivity index (χ4n) is 1.81. The van der Waals surface area contributed by atoms with E-state index in [0.29, 0.717) is 5.96 Å². The first-order chi connectivity index (χ1) is 6.84. The third-order valence-electron chi connectivity index (χ3n) is 2.51. The molecule has 0 radical (unpaired) electrons. The van der Waals surface area contributed by atoms with Crippen molar-refractivity contribution in [3.63, 3.8) is 0 Å². The molecule has 0 saturated carbocycles. The van der Waals surface area contributed by atoms with Crippen LogP contribution >= 0.6 is 0 Å². The Morgan fingerprint density at radius 1 is 1.36 bits per heavy atom. The lowest BCUT2D eigenvalue weighted by atomic mass is 9.91. The number of allylic oxidation sites excluding steroid dienone is 2. The first-order valence-corrected chi connectivity index (χ1v) is 4.49. The van der Waals surface area contributed by atoms with E-state index in [1.165, 1.54) is 5.57 Å². The summed E-state index contributed by atoms with van der Waals surface area (Å²) in [6, 6.07) is 0. The molecule has 0 amide bonds. The van der Waals surface area contributed by atoms with E-state index < -0.39 is 0 Å². The topological polar surface area (TPSA) is 75.1 Å². The highest BCUT2D eigenvalue weighted by Gasteiger charge is 2.25. The average molecular weight is 187 g/mol. The summed E-state index contributed by atoms with van der Waals surface area (Å²) in [6.07, 6.45) is 5.47. The smallest absolute Gasteiger partial charge is 0.197 e. The van der Waals surface area contributed by atoms with Gasteiger partial charge in [0.1, 0.15) is 0 Å². The summed E-state index contributed by atoms with van der Waals surface area (Å²) >= 11 is 0. The molecular formula is C9H9N5. The van der Waals surface area contributed by atoms with Crippen molar-refractivity contribution < 1.29 is 0 Å². The maximum atomic E-state index is 5.60. The van der Waals surface area contributed by atoms with Crippen LogP contribution in [-0.4, -0.2) is 17.9 Å². The van der Waals surface area contributed by atoms with Gasteiger partial charge in [0.25, 0.3) is 0 Å². The second-order valence-electron chi connectivity index (χ2n) is 3.37. The minimum atomic E-state index is 0.429. The molecule has 5 nitrogen and oxygen atoms in total.